The zero-order valence-electron chi connectivity index (χ0n) is 20.7. The van der Waals surface area contributed by atoms with Crippen molar-refractivity contribution in [1.29, 1.82) is 0 Å². The molecule has 1 amide bonds. The van der Waals surface area contributed by atoms with Gasteiger partial charge >= 0.3 is 6.09 Å². The Balaban J connectivity index is 1.30. The van der Waals surface area contributed by atoms with E-state index in [4.69, 9.17) is 14.2 Å². The van der Waals surface area contributed by atoms with Crippen LogP contribution >= 0.6 is 0 Å². The van der Waals surface area contributed by atoms with Crippen LogP contribution in [0.15, 0.2) is 24.5 Å². The highest BCUT2D eigenvalue weighted by Crippen LogP contribution is 2.28. The molecule has 0 atom stereocenters. The summed E-state index contributed by atoms with van der Waals surface area (Å²) >= 11 is 0. The Morgan fingerprint density at radius 1 is 1.08 bits per heavy atom. The summed E-state index contributed by atoms with van der Waals surface area (Å²) in [6.07, 6.45) is 4.23. The molecule has 0 unspecified atom stereocenters. The number of nitrogens with zero attached hydrogens (tertiary/aromatic N) is 4. The van der Waals surface area contributed by atoms with Crippen LogP contribution in [0.4, 0.5) is 25.1 Å². The molecule has 1 aromatic carbocycles. The van der Waals surface area contributed by atoms with Crippen molar-refractivity contribution in [3.05, 3.63) is 36.2 Å². The minimum absolute atomic E-state index is 0.0685. The maximum absolute atomic E-state index is 14.7. The molecular weight excluding hydrogens is 472 g/mol. The number of rotatable bonds is 9. The second kappa shape index (κ2) is 12.2. The Morgan fingerprint density at radius 3 is 2.56 bits per heavy atom. The molecule has 0 bridgehead atoms. The van der Waals surface area contributed by atoms with Crippen molar-refractivity contribution >= 4 is 17.6 Å². The summed E-state index contributed by atoms with van der Waals surface area (Å²) in [5.74, 6) is -0.868. The van der Waals surface area contributed by atoms with Crippen LogP contribution in [-0.2, 0) is 4.74 Å². The van der Waals surface area contributed by atoms with Gasteiger partial charge in [-0.25, -0.2) is 23.5 Å². The monoisotopic (exact) mass is 505 g/mol. The second-order valence-corrected chi connectivity index (χ2v) is 9.26. The highest BCUT2D eigenvalue weighted by Gasteiger charge is 2.26. The van der Waals surface area contributed by atoms with Crippen molar-refractivity contribution in [2.24, 2.45) is 0 Å². The van der Waals surface area contributed by atoms with Crippen LogP contribution in [0.1, 0.15) is 39.5 Å². The lowest BCUT2D eigenvalue weighted by Crippen LogP contribution is -2.42. The van der Waals surface area contributed by atoms with Gasteiger partial charge in [-0.05, 0) is 39.8 Å². The minimum atomic E-state index is -0.659. The van der Waals surface area contributed by atoms with Gasteiger partial charge in [-0.1, -0.05) is 0 Å². The van der Waals surface area contributed by atoms with Crippen LogP contribution in [0, 0.1) is 11.6 Å². The average molecular weight is 506 g/mol. The van der Waals surface area contributed by atoms with Gasteiger partial charge in [0.15, 0.2) is 17.4 Å². The van der Waals surface area contributed by atoms with Gasteiger partial charge in [0.1, 0.15) is 24.9 Å². The standard InChI is InChI=1S/C25H33F2N5O4/c1-17(2)35-25(33)32-9-5-18(6-10-32)36-24-15-23(28-16-29-24)30-21-13-20(27)22(14-19(21)26)34-12-11-31-7-3-4-8-31/h13-18H,3-12H2,1-2H3,(H,28,29,30). The van der Waals surface area contributed by atoms with E-state index < -0.39 is 11.6 Å². The number of benzene rings is 1. The van der Waals surface area contributed by atoms with Crippen molar-refractivity contribution in [2.75, 3.05) is 44.6 Å². The molecule has 0 aliphatic carbocycles. The predicted octanol–water partition coefficient (Wildman–Crippen LogP) is 4.36. The van der Waals surface area contributed by atoms with Gasteiger partial charge in [0.25, 0.3) is 0 Å². The van der Waals surface area contributed by atoms with Gasteiger partial charge in [0, 0.05) is 50.7 Å². The molecule has 2 fully saturated rings. The molecule has 1 aromatic heterocycles. The van der Waals surface area contributed by atoms with Gasteiger partial charge < -0.3 is 24.4 Å². The first-order chi connectivity index (χ1) is 17.4. The lowest BCUT2D eigenvalue weighted by molar-refractivity contribution is 0.0507. The van der Waals surface area contributed by atoms with Crippen molar-refractivity contribution in [3.63, 3.8) is 0 Å². The molecule has 2 aliphatic rings. The van der Waals surface area contributed by atoms with Crippen molar-refractivity contribution in [3.8, 4) is 11.6 Å². The van der Waals surface area contributed by atoms with Crippen LogP contribution in [0.2, 0.25) is 0 Å². The fraction of sp³-hybridized carbons (Fsp3) is 0.560. The van der Waals surface area contributed by atoms with Crippen molar-refractivity contribution in [1.82, 2.24) is 19.8 Å². The lowest BCUT2D eigenvalue weighted by atomic mass is 10.1. The molecule has 36 heavy (non-hydrogen) atoms. The third-order valence-corrected chi connectivity index (χ3v) is 6.11. The molecule has 2 aliphatic heterocycles. The third-order valence-electron chi connectivity index (χ3n) is 6.11. The Hall–Kier alpha value is -3.21. The molecule has 0 radical (unpaired) electrons. The van der Waals surface area contributed by atoms with Gasteiger partial charge in [-0.2, -0.15) is 0 Å². The van der Waals surface area contributed by atoms with Gasteiger partial charge in [0.05, 0.1) is 11.8 Å². The number of aromatic nitrogens is 2. The number of hydrogen-bond acceptors (Lipinski definition) is 8. The Labute approximate surface area is 209 Å². The summed E-state index contributed by atoms with van der Waals surface area (Å²) in [5.41, 5.74) is -0.0685. The molecule has 3 heterocycles. The summed E-state index contributed by atoms with van der Waals surface area (Å²) < 4.78 is 45.8. The van der Waals surface area contributed by atoms with Crippen LogP contribution < -0.4 is 14.8 Å². The molecule has 0 saturated carbocycles. The highest BCUT2D eigenvalue weighted by molar-refractivity contribution is 5.67. The molecule has 1 N–H and O–H groups in total. The maximum atomic E-state index is 14.7. The first-order valence-electron chi connectivity index (χ1n) is 12.4. The van der Waals surface area contributed by atoms with Crippen LogP contribution in [0.3, 0.4) is 0 Å². The highest BCUT2D eigenvalue weighted by atomic mass is 19.1. The van der Waals surface area contributed by atoms with E-state index in [1.165, 1.54) is 12.4 Å². The number of piperidine rings is 1. The molecule has 0 spiro atoms. The number of carbonyl (C=O) groups is 1. The topological polar surface area (TPSA) is 89.0 Å². The fourth-order valence-corrected chi connectivity index (χ4v) is 4.24. The van der Waals surface area contributed by atoms with E-state index in [1.807, 2.05) is 13.8 Å². The number of hydrogen-bond donors (Lipinski definition) is 1. The van der Waals surface area contributed by atoms with Crippen LogP contribution in [0.25, 0.3) is 0 Å². The van der Waals surface area contributed by atoms with E-state index >= 15 is 0 Å². The van der Waals surface area contributed by atoms with E-state index in [1.54, 1.807) is 4.90 Å². The molecule has 2 saturated heterocycles. The van der Waals surface area contributed by atoms with Gasteiger partial charge in [-0.3, -0.25) is 4.90 Å². The first-order valence-corrected chi connectivity index (χ1v) is 12.4. The van der Waals surface area contributed by atoms with E-state index in [0.29, 0.717) is 45.0 Å². The number of amides is 1. The number of anilines is 2. The quantitative estimate of drug-likeness (QED) is 0.538. The van der Waals surface area contributed by atoms with Gasteiger partial charge in [-0.15, -0.1) is 0 Å². The summed E-state index contributed by atoms with van der Waals surface area (Å²) in [6.45, 7) is 7.67. The summed E-state index contributed by atoms with van der Waals surface area (Å²) in [4.78, 5) is 24.1. The largest absolute Gasteiger partial charge is 0.489 e. The molecule has 11 heteroatoms. The van der Waals surface area contributed by atoms with E-state index in [-0.39, 0.29) is 35.6 Å². The van der Waals surface area contributed by atoms with E-state index in [2.05, 4.69) is 20.2 Å². The zero-order valence-corrected chi connectivity index (χ0v) is 20.7. The first kappa shape index (κ1) is 25.9. The molecule has 2 aromatic rings. The number of ether oxygens (including phenoxy) is 3. The van der Waals surface area contributed by atoms with Crippen molar-refractivity contribution in [2.45, 2.75) is 51.7 Å². The lowest BCUT2D eigenvalue weighted by Gasteiger charge is -2.31. The summed E-state index contributed by atoms with van der Waals surface area (Å²) in [5, 5.41) is 2.78. The van der Waals surface area contributed by atoms with Crippen molar-refractivity contribution < 1.29 is 27.8 Å². The van der Waals surface area contributed by atoms with E-state index in [0.717, 1.165) is 38.1 Å². The molecule has 196 valence electrons. The van der Waals surface area contributed by atoms with Gasteiger partial charge in [0.2, 0.25) is 5.88 Å². The molecular formula is C25H33F2N5O4. The van der Waals surface area contributed by atoms with E-state index in [9.17, 15) is 13.6 Å². The second-order valence-electron chi connectivity index (χ2n) is 9.26. The number of halogens is 2. The normalized spacial score (nSPS) is 16.9. The Morgan fingerprint density at radius 2 is 1.83 bits per heavy atom. The number of nitrogens with one attached hydrogen (secondary N) is 1. The van der Waals surface area contributed by atoms with Crippen LogP contribution in [-0.4, -0.2) is 77.4 Å². The SMILES string of the molecule is CC(C)OC(=O)N1CCC(Oc2cc(Nc3cc(F)c(OCCN4CCCC4)cc3F)ncn2)CC1. The Kier molecular flexibility index (Phi) is 8.74. The zero-order chi connectivity index (χ0) is 25.5. The average Bonchev–Trinajstić information content (AvgIpc) is 3.36. The molecule has 9 nitrogen and oxygen atoms in total. The van der Waals surface area contributed by atoms with Crippen LogP contribution in [0.5, 0.6) is 11.6 Å². The number of likely N-dealkylation sites (tertiary alicyclic amines) is 2. The number of carbonyl (C=O) groups excluding carboxylic acids is 1. The smallest absolute Gasteiger partial charge is 0.410 e. The summed E-state index contributed by atoms with van der Waals surface area (Å²) in [6, 6.07) is 3.62. The maximum Gasteiger partial charge on any atom is 0.410 e. The fourth-order valence-electron chi connectivity index (χ4n) is 4.24. The summed E-state index contributed by atoms with van der Waals surface area (Å²) in [7, 11) is 0. The third kappa shape index (κ3) is 7.16. The Bertz CT molecular complexity index is 1030. The molecule has 4 rings (SSSR count). The minimum Gasteiger partial charge on any atom is -0.489 e. The predicted molar refractivity (Wildman–Crippen MR) is 130 cm³/mol.